The zero-order chi connectivity index (χ0) is 12.7. The SMILES string of the molecule is CCN(CCCC(C)(C)C#N)C1CCCCC1. The minimum absolute atomic E-state index is 0.147. The van der Waals surface area contributed by atoms with Gasteiger partial charge in [-0.1, -0.05) is 26.2 Å². The predicted molar refractivity (Wildman–Crippen MR) is 72.7 cm³/mol. The van der Waals surface area contributed by atoms with Crippen molar-refractivity contribution in [2.45, 2.75) is 71.8 Å². The number of rotatable bonds is 6. The second-order valence-corrected chi connectivity index (χ2v) is 6.02. The van der Waals surface area contributed by atoms with Gasteiger partial charge in [-0.15, -0.1) is 0 Å². The van der Waals surface area contributed by atoms with E-state index in [9.17, 15) is 0 Å². The van der Waals surface area contributed by atoms with Crippen LogP contribution in [0.15, 0.2) is 0 Å². The highest BCUT2D eigenvalue weighted by Gasteiger charge is 2.21. The lowest BCUT2D eigenvalue weighted by Gasteiger charge is -2.34. The minimum atomic E-state index is -0.147. The first-order chi connectivity index (χ1) is 8.09. The molecule has 0 spiro atoms. The quantitative estimate of drug-likeness (QED) is 0.697. The van der Waals surface area contributed by atoms with Gasteiger partial charge in [-0.05, 0) is 52.6 Å². The molecule has 0 unspecified atom stereocenters. The van der Waals surface area contributed by atoms with E-state index in [1.165, 1.54) is 38.6 Å². The van der Waals surface area contributed by atoms with E-state index in [1.807, 2.05) is 13.8 Å². The summed E-state index contributed by atoms with van der Waals surface area (Å²) in [4.78, 5) is 2.63. The Morgan fingerprint density at radius 1 is 1.24 bits per heavy atom. The van der Waals surface area contributed by atoms with Gasteiger partial charge in [0.25, 0.3) is 0 Å². The highest BCUT2D eigenvalue weighted by atomic mass is 15.1. The molecule has 2 heteroatoms. The van der Waals surface area contributed by atoms with Crippen molar-refractivity contribution in [3.05, 3.63) is 0 Å². The zero-order valence-electron chi connectivity index (χ0n) is 11.8. The van der Waals surface area contributed by atoms with Gasteiger partial charge in [0.15, 0.2) is 0 Å². The second kappa shape index (κ2) is 7.01. The average molecular weight is 236 g/mol. The van der Waals surface area contributed by atoms with E-state index < -0.39 is 0 Å². The summed E-state index contributed by atoms with van der Waals surface area (Å²) in [6, 6.07) is 3.21. The fraction of sp³-hybridized carbons (Fsp3) is 0.933. The summed E-state index contributed by atoms with van der Waals surface area (Å²) in [5.74, 6) is 0. The van der Waals surface area contributed by atoms with Crippen molar-refractivity contribution in [3.8, 4) is 6.07 Å². The fourth-order valence-corrected chi connectivity index (χ4v) is 2.83. The van der Waals surface area contributed by atoms with Gasteiger partial charge in [-0.3, -0.25) is 0 Å². The molecule has 0 amide bonds. The normalized spacial score (nSPS) is 18.3. The highest BCUT2D eigenvalue weighted by molar-refractivity contribution is 4.91. The lowest BCUT2D eigenvalue weighted by molar-refractivity contribution is 0.157. The summed E-state index contributed by atoms with van der Waals surface area (Å²) < 4.78 is 0. The topological polar surface area (TPSA) is 27.0 Å². The summed E-state index contributed by atoms with van der Waals surface area (Å²) in [5, 5.41) is 9.00. The molecule has 1 saturated carbocycles. The maximum Gasteiger partial charge on any atom is 0.0683 e. The third-order valence-corrected chi connectivity index (χ3v) is 4.05. The van der Waals surface area contributed by atoms with Gasteiger partial charge >= 0.3 is 0 Å². The molecule has 1 aliphatic rings. The fourth-order valence-electron chi connectivity index (χ4n) is 2.83. The van der Waals surface area contributed by atoms with Crippen LogP contribution in [0.5, 0.6) is 0 Å². The first kappa shape index (κ1) is 14.5. The molecule has 1 fully saturated rings. The van der Waals surface area contributed by atoms with Crippen LogP contribution in [-0.4, -0.2) is 24.0 Å². The molecule has 0 heterocycles. The molecule has 98 valence electrons. The Morgan fingerprint density at radius 3 is 2.41 bits per heavy atom. The van der Waals surface area contributed by atoms with E-state index in [2.05, 4.69) is 17.9 Å². The van der Waals surface area contributed by atoms with Crippen molar-refractivity contribution in [2.75, 3.05) is 13.1 Å². The van der Waals surface area contributed by atoms with Crippen LogP contribution in [0.25, 0.3) is 0 Å². The number of hydrogen-bond acceptors (Lipinski definition) is 2. The zero-order valence-corrected chi connectivity index (χ0v) is 11.8. The van der Waals surface area contributed by atoms with E-state index in [1.54, 1.807) is 0 Å². The van der Waals surface area contributed by atoms with E-state index in [-0.39, 0.29) is 5.41 Å². The van der Waals surface area contributed by atoms with Gasteiger partial charge in [0.2, 0.25) is 0 Å². The molecule has 0 aliphatic heterocycles. The number of hydrogen-bond donors (Lipinski definition) is 0. The van der Waals surface area contributed by atoms with Gasteiger partial charge in [-0.2, -0.15) is 5.26 Å². The van der Waals surface area contributed by atoms with E-state index in [0.29, 0.717) is 0 Å². The van der Waals surface area contributed by atoms with E-state index in [4.69, 9.17) is 5.26 Å². The van der Waals surface area contributed by atoms with Crippen LogP contribution >= 0.6 is 0 Å². The summed E-state index contributed by atoms with van der Waals surface area (Å²) in [6.07, 6.45) is 9.19. The van der Waals surface area contributed by atoms with Crippen molar-refractivity contribution in [1.82, 2.24) is 4.90 Å². The maximum absolute atomic E-state index is 9.00. The lowest BCUT2D eigenvalue weighted by atomic mass is 9.89. The van der Waals surface area contributed by atoms with Gasteiger partial charge in [-0.25, -0.2) is 0 Å². The maximum atomic E-state index is 9.00. The molecule has 0 radical (unpaired) electrons. The van der Waals surface area contributed by atoms with Gasteiger partial charge < -0.3 is 4.90 Å². The first-order valence-electron chi connectivity index (χ1n) is 7.24. The minimum Gasteiger partial charge on any atom is -0.301 e. The molecule has 0 N–H and O–H groups in total. The molecular weight excluding hydrogens is 208 g/mol. The van der Waals surface area contributed by atoms with Crippen molar-refractivity contribution < 1.29 is 0 Å². The molecule has 1 rings (SSSR count). The largest absolute Gasteiger partial charge is 0.301 e. The molecule has 0 aromatic rings. The monoisotopic (exact) mass is 236 g/mol. The summed E-state index contributed by atoms with van der Waals surface area (Å²) in [6.45, 7) is 8.70. The molecule has 17 heavy (non-hydrogen) atoms. The Morgan fingerprint density at radius 2 is 1.88 bits per heavy atom. The molecule has 0 aromatic heterocycles. The Labute approximate surface area is 107 Å². The van der Waals surface area contributed by atoms with Gasteiger partial charge in [0.1, 0.15) is 0 Å². The first-order valence-corrected chi connectivity index (χ1v) is 7.24. The van der Waals surface area contributed by atoms with Crippen LogP contribution < -0.4 is 0 Å². The molecule has 0 bridgehead atoms. The Kier molecular flexibility index (Phi) is 5.98. The molecule has 0 saturated heterocycles. The summed E-state index contributed by atoms with van der Waals surface area (Å²) in [5.41, 5.74) is -0.147. The predicted octanol–water partition coefficient (Wildman–Crippen LogP) is 3.97. The van der Waals surface area contributed by atoms with Crippen molar-refractivity contribution >= 4 is 0 Å². The molecule has 1 aliphatic carbocycles. The molecule has 0 atom stereocenters. The van der Waals surface area contributed by atoms with Gasteiger partial charge in [0.05, 0.1) is 11.5 Å². The third kappa shape index (κ3) is 5.08. The average Bonchev–Trinajstić information content (AvgIpc) is 2.36. The van der Waals surface area contributed by atoms with Crippen molar-refractivity contribution in [3.63, 3.8) is 0 Å². The second-order valence-electron chi connectivity index (χ2n) is 6.02. The van der Waals surface area contributed by atoms with Crippen LogP contribution in [0, 0.1) is 16.7 Å². The smallest absolute Gasteiger partial charge is 0.0683 e. The Balaban J connectivity index is 2.29. The Bertz CT molecular complexity index is 246. The van der Waals surface area contributed by atoms with Crippen molar-refractivity contribution in [1.29, 1.82) is 5.26 Å². The molecule has 2 nitrogen and oxygen atoms in total. The number of nitrogens with zero attached hydrogens (tertiary/aromatic N) is 2. The van der Waals surface area contributed by atoms with Crippen LogP contribution in [0.3, 0.4) is 0 Å². The Hall–Kier alpha value is -0.550. The third-order valence-electron chi connectivity index (χ3n) is 4.05. The van der Waals surface area contributed by atoms with E-state index in [0.717, 1.165) is 25.4 Å². The summed E-state index contributed by atoms with van der Waals surface area (Å²) in [7, 11) is 0. The summed E-state index contributed by atoms with van der Waals surface area (Å²) >= 11 is 0. The van der Waals surface area contributed by atoms with Crippen LogP contribution in [-0.2, 0) is 0 Å². The lowest BCUT2D eigenvalue weighted by Crippen LogP contribution is -2.37. The van der Waals surface area contributed by atoms with Crippen molar-refractivity contribution in [2.24, 2.45) is 5.41 Å². The van der Waals surface area contributed by atoms with E-state index >= 15 is 0 Å². The van der Waals surface area contributed by atoms with Crippen LogP contribution in [0.2, 0.25) is 0 Å². The van der Waals surface area contributed by atoms with Gasteiger partial charge in [0, 0.05) is 6.04 Å². The molecule has 0 aromatic carbocycles. The van der Waals surface area contributed by atoms with Crippen LogP contribution in [0.1, 0.15) is 65.7 Å². The van der Waals surface area contributed by atoms with Crippen LogP contribution in [0.4, 0.5) is 0 Å². The number of nitriles is 1. The highest BCUT2D eigenvalue weighted by Crippen LogP contribution is 2.25. The molecular formula is C15H28N2. The standard InChI is InChI=1S/C15H28N2/c1-4-17(14-9-6-5-7-10-14)12-8-11-15(2,3)13-16/h14H,4-12H2,1-3H3.